The maximum atomic E-state index is 12.8. The standard InChI is InChI=1S/C26H30N2O6/c1-28(34-16-25(30)31)24(29)14-23(17-8-2-3-9-17)27-26(32)33-15-22-20-12-6-4-10-18(20)19-11-5-7-13-21(19)22/h4-7,10-13,17,22-23H,2-3,8-9,14-16H2,1H3,(H,27,32)(H,30,31). The van der Waals surface area contributed by atoms with Gasteiger partial charge < -0.3 is 15.2 Å². The number of fused-ring (bicyclic) bond motifs is 3. The number of rotatable bonds is 9. The molecule has 1 unspecified atom stereocenters. The molecule has 2 aliphatic carbocycles. The molecule has 0 heterocycles. The summed E-state index contributed by atoms with van der Waals surface area (Å²) in [7, 11) is 1.38. The van der Waals surface area contributed by atoms with E-state index < -0.39 is 30.6 Å². The number of carbonyl (C=O) groups is 3. The zero-order valence-electron chi connectivity index (χ0n) is 19.2. The van der Waals surface area contributed by atoms with Crippen molar-refractivity contribution in [2.24, 2.45) is 5.92 Å². The molecule has 8 nitrogen and oxygen atoms in total. The molecule has 8 heteroatoms. The summed E-state index contributed by atoms with van der Waals surface area (Å²) >= 11 is 0. The normalized spacial score (nSPS) is 15.9. The van der Waals surface area contributed by atoms with E-state index >= 15 is 0 Å². The summed E-state index contributed by atoms with van der Waals surface area (Å²) in [4.78, 5) is 41.0. The Morgan fingerprint density at radius 1 is 1.03 bits per heavy atom. The number of hydroxylamine groups is 2. The van der Waals surface area contributed by atoms with Gasteiger partial charge in [-0.15, -0.1) is 0 Å². The molecule has 1 saturated carbocycles. The second kappa shape index (κ2) is 10.7. The number of carbonyl (C=O) groups excluding carboxylic acids is 2. The average Bonchev–Trinajstić information content (AvgIpc) is 3.47. The molecule has 0 aromatic heterocycles. The van der Waals surface area contributed by atoms with Crippen LogP contribution in [-0.4, -0.2) is 54.4 Å². The fourth-order valence-corrected chi connectivity index (χ4v) is 5.03. The fraction of sp³-hybridized carbons (Fsp3) is 0.423. The van der Waals surface area contributed by atoms with Crippen molar-refractivity contribution in [2.45, 2.75) is 44.1 Å². The average molecular weight is 467 g/mol. The molecule has 0 aliphatic heterocycles. The first-order valence-corrected chi connectivity index (χ1v) is 11.7. The SMILES string of the molecule is CN(OCC(=O)O)C(=O)CC(NC(=O)OCC1c2ccccc2-c2ccccc21)C1CCCC1. The number of nitrogens with one attached hydrogen (secondary N) is 1. The third-order valence-electron chi connectivity index (χ3n) is 6.74. The molecule has 0 bridgehead atoms. The van der Waals surface area contributed by atoms with Crippen molar-refractivity contribution in [1.29, 1.82) is 0 Å². The van der Waals surface area contributed by atoms with E-state index in [-0.39, 0.29) is 24.9 Å². The number of nitrogens with zero attached hydrogens (tertiary/aromatic N) is 1. The van der Waals surface area contributed by atoms with Gasteiger partial charge in [-0.05, 0) is 41.0 Å². The van der Waals surface area contributed by atoms with E-state index in [2.05, 4.69) is 29.6 Å². The lowest BCUT2D eigenvalue weighted by Gasteiger charge is -2.26. The van der Waals surface area contributed by atoms with Gasteiger partial charge in [-0.2, -0.15) is 0 Å². The van der Waals surface area contributed by atoms with Crippen molar-refractivity contribution < 1.29 is 29.1 Å². The Balaban J connectivity index is 1.39. The minimum Gasteiger partial charge on any atom is -0.479 e. The van der Waals surface area contributed by atoms with Crippen LogP contribution in [-0.2, 0) is 19.2 Å². The van der Waals surface area contributed by atoms with Gasteiger partial charge in [-0.3, -0.25) is 9.63 Å². The van der Waals surface area contributed by atoms with E-state index in [4.69, 9.17) is 14.7 Å². The van der Waals surface area contributed by atoms with E-state index in [1.54, 1.807) is 0 Å². The van der Waals surface area contributed by atoms with E-state index in [1.807, 2.05) is 24.3 Å². The van der Waals surface area contributed by atoms with Gasteiger partial charge in [0, 0.05) is 25.4 Å². The number of ether oxygens (including phenoxy) is 1. The first kappa shape index (κ1) is 23.8. The lowest BCUT2D eigenvalue weighted by atomic mass is 9.95. The molecule has 180 valence electrons. The highest BCUT2D eigenvalue weighted by Gasteiger charge is 2.32. The Kier molecular flexibility index (Phi) is 7.47. The fourth-order valence-electron chi connectivity index (χ4n) is 5.03. The third-order valence-corrected chi connectivity index (χ3v) is 6.74. The van der Waals surface area contributed by atoms with Crippen molar-refractivity contribution in [3.05, 3.63) is 59.7 Å². The number of alkyl carbamates (subject to hydrolysis) is 1. The van der Waals surface area contributed by atoms with Gasteiger partial charge in [-0.1, -0.05) is 61.4 Å². The molecule has 34 heavy (non-hydrogen) atoms. The number of hydrogen-bond acceptors (Lipinski definition) is 5. The number of aliphatic carboxylic acids is 1. The van der Waals surface area contributed by atoms with Crippen molar-refractivity contribution >= 4 is 18.0 Å². The van der Waals surface area contributed by atoms with Crippen molar-refractivity contribution in [2.75, 3.05) is 20.3 Å². The molecule has 2 aromatic carbocycles. The van der Waals surface area contributed by atoms with Gasteiger partial charge in [0.2, 0.25) is 5.91 Å². The highest BCUT2D eigenvalue weighted by Crippen LogP contribution is 2.44. The molecule has 2 aromatic rings. The number of amides is 2. The van der Waals surface area contributed by atoms with Gasteiger partial charge >= 0.3 is 12.1 Å². The molecule has 2 amide bonds. The number of carboxylic acid groups (broad SMARTS) is 1. The summed E-state index contributed by atoms with van der Waals surface area (Å²) in [6, 6.07) is 15.9. The summed E-state index contributed by atoms with van der Waals surface area (Å²) in [5.41, 5.74) is 4.59. The second-order valence-electron chi connectivity index (χ2n) is 8.88. The maximum Gasteiger partial charge on any atom is 0.407 e. The van der Waals surface area contributed by atoms with Crippen LogP contribution in [0.25, 0.3) is 11.1 Å². The summed E-state index contributed by atoms with van der Waals surface area (Å²) in [5.74, 6) is -1.43. The molecule has 2 aliphatic rings. The van der Waals surface area contributed by atoms with Crippen molar-refractivity contribution in [3.63, 3.8) is 0 Å². The van der Waals surface area contributed by atoms with Gasteiger partial charge in [-0.25, -0.2) is 14.7 Å². The highest BCUT2D eigenvalue weighted by atomic mass is 16.7. The highest BCUT2D eigenvalue weighted by molar-refractivity contribution is 5.79. The minimum absolute atomic E-state index is 0.0188. The molecule has 1 atom stereocenters. The first-order valence-electron chi connectivity index (χ1n) is 11.7. The predicted octanol–water partition coefficient (Wildman–Crippen LogP) is 3.95. The monoisotopic (exact) mass is 466 g/mol. The quantitative estimate of drug-likeness (QED) is 0.542. The maximum absolute atomic E-state index is 12.8. The number of benzene rings is 2. The second-order valence-corrected chi connectivity index (χ2v) is 8.88. The lowest BCUT2D eigenvalue weighted by molar-refractivity contribution is -0.186. The van der Waals surface area contributed by atoms with E-state index in [0.717, 1.165) is 53.0 Å². The van der Waals surface area contributed by atoms with E-state index in [0.29, 0.717) is 0 Å². The van der Waals surface area contributed by atoms with Gasteiger partial charge in [0.15, 0.2) is 6.61 Å². The molecule has 4 rings (SSSR count). The molecular weight excluding hydrogens is 436 g/mol. The van der Waals surface area contributed by atoms with Gasteiger partial charge in [0.25, 0.3) is 0 Å². The summed E-state index contributed by atoms with van der Waals surface area (Å²) < 4.78 is 5.67. The molecule has 1 fully saturated rings. The van der Waals surface area contributed by atoms with E-state index in [1.165, 1.54) is 7.05 Å². The molecule has 2 N–H and O–H groups in total. The van der Waals surface area contributed by atoms with Crippen LogP contribution >= 0.6 is 0 Å². The Bertz CT molecular complexity index is 1000. The smallest absolute Gasteiger partial charge is 0.407 e. The van der Waals surface area contributed by atoms with Crippen LogP contribution in [0.3, 0.4) is 0 Å². The first-order chi connectivity index (χ1) is 16.4. The number of hydrogen-bond donors (Lipinski definition) is 2. The summed E-state index contributed by atoms with van der Waals surface area (Å²) in [5, 5.41) is 12.6. The van der Waals surface area contributed by atoms with E-state index in [9.17, 15) is 14.4 Å². The van der Waals surface area contributed by atoms with Crippen LogP contribution < -0.4 is 5.32 Å². The third kappa shape index (κ3) is 5.39. The largest absolute Gasteiger partial charge is 0.479 e. The van der Waals surface area contributed by atoms with Crippen LogP contribution in [0.1, 0.15) is 49.1 Å². The lowest BCUT2D eigenvalue weighted by Crippen LogP contribution is -2.44. The molecule has 0 saturated heterocycles. The summed E-state index contributed by atoms with van der Waals surface area (Å²) in [6.45, 7) is -0.400. The topological polar surface area (TPSA) is 105 Å². The molecule has 0 spiro atoms. The summed E-state index contributed by atoms with van der Waals surface area (Å²) in [6.07, 6.45) is 3.40. The van der Waals surface area contributed by atoms with Crippen LogP contribution in [0.5, 0.6) is 0 Å². The Labute approximate surface area is 198 Å². The predicted molar refractivity (Wildman–Crippen MR) is 125 cm³/mol. The molecule has 0 radical (unpaired) electrons. The zero-order valence-corrected chi connectivity index (χ0v) is 19.2. The van der Waals surface area contributed by atoms with Crippen LogP contribution in [0, 0.1) is 5.92 Å². The van der Waals surface area contributed by atoms with Gasteiger partial charge in [0.05, 0.1) is 0 Å². The minimum atomic E-state index is -1.16. The number of carboxylic acids is 1. The Hall–Kier alpha value is -3.39. The van der Waals surface area contributed by atoms with Crippen molar-refractivity contribution in [1.82, 2.24) is 10.4 Å². The van der Waals surface area contributed by atoms with Crippen LogP contribution in [0.15, 0.2) is 48.5 Å². The Morgan fingerprint density at radius 2 is 1.62 bits per heavy atom. The Morgan fingerprint density at radius 3 is 2.21 bits per heavy atom. The van der Waals surface area contributed by atoms with Crippen LogP contribution in [0.2, 0.25) is 0 Å². The van der Waals surface area contributed by atoms with Gasteiger partial charge in [0.1, 0.15) is 6.61 Å². The molecular formula is C26H30N2O6. The van der Waals surface area contributed by atoms with Crippen molar-refractivity contribution in [3.8, 4) is 11.1 Å². The van der Waals surface area contributed by atoms with Crippen LogP contribution in [0.4, 0.5) is 4.79 Å². The zero-order chi connectivity index (χ0) is 24.1.